The lowest BCUT2D eigenvalue weighted by Gasteiger charge is -2.03. The number of aromatic amines is 1. The topological polar surface area (TPSA) is 99.4 Å². The number of amides is 1. The molecule has 0 aliphatic heterocycles. The number of hydrogen-bond acceptors (Lipinski definition) is 4. The van der Waals surface area contributed by atoms with Crippen LogP contribution >= 0.6 is 0 Å². The maximum Gasteiger partial charge on any atom is 0.260 e. The molecular weight excluding hydrogens is 208 g/mol. The van der Waals surface area contributed by atoms with E-state index in [1.165, 1.54) is 23.3 Å². The summed E-state index contributed by atoms with van der Waals surface area (Å²) in [5.41, 5.74) is 0.712. The van der Waals surface area contributed by atoms with Crippen molar-refractivity contribution < 1.29 is 4.79 Å². The Bertz CT molecular complexity index is 547. The van der Waals surface area contributed by atoms with Crippen molar-refractivity contribution >= 4 is 11.7 Å². The number of aryl methyl sites for hydroxylation is 1. The number of aromatic nitrogens is 4. The van der Waals surface area contributed by atoms with Crippen LogP contribution in [0, 0.1) is 11.3 Å². The number of nitrogens with one attached hydrogen (secondary N) is 2. The molecule has 16 heavy (non-hydrogen) atoms. The zero-order chi connectivity index (χ0) is 11.5. The second-order valence-corrected chi connectivity index (χ2v) is 3.08. The maximum absolute atomic E-state index is 11.7. The van der Waals surface area contributed by atoms with Gasteiger partial charge in [0, 0.05) is 13.2 Å². The first-order chi connectivity index (χ1) is 7.72. The summed E-state index contributed by atoms with van der Waals surface area (Å²) in [4.78, 5) is 11.7. The third kappa shape index (κ3) is 1.64. The average molecular weight is 216 g/mol. The molecule has 0 spiro atoms. The summed E-state index contributed by atoms with van der Waals surface area (Å²) in [5.74, 6) is 0.0301. The van der Waals surface area contributed by atoms with Gasteiger partial charge in [0.2, 0.25) is 0 Å². The molecule has 1 amide bonds. The monoisotopic (exact) mass is 216 g/mol. The van der Waals surface area contributed by atoms with Crippen molar-refractivity contribution in [1.82, 2.24) is 20.0 Å². The Morgan fingerprint density at radius 1 is 1.62 bits per heavy atom. The molecule has 0 saturated carbocycles. The molecule has 0 bridgehead atoms. The van der Waals surface area contributed by atoms with E-state index in [1.807, 2.05) is 6.07 Å². The smallest absolute Gasteiger partial charge is 0.260 e. The molecule has 0 aliphatic rings. The zero-order valence-corrected chi connectivity index (χ0v) is 8.43. The lowest BCUT2D eigenvalue weighted by Crippen LogP contribution is -2.14. The second-order valence-electron chi connectivity index (χ2n) is 3.08. The van der Waals surface area contributed by atoms with E-state index in [0.717, 1.165) is 0 Å². The fraction of sp³-hybridized carbons (Fsp3) is 0.111. The Labute approximate surface area is 90.7 Å². The van der Waals surface area contributed by atoms with Crippen molar-refractivity contribution in [2.24, 2.45) is 7.05 Å². The molecule has 0 saturated heterocycles. The van der Waals surface area contributed by atoms with Gasteiger partial charge in [0.05, 0.1) is 18.0 Å². The zero-order valence-electron chi connectivity index (χ0n) is 8.43. The van der Waals surface area contributed by atoms with Crippen LogP contribution in [0.3, 0.4) is 0 Å². The van der Waals surface area contributed by atoms with Crippen molar-refractivity contribution in [1.29, 1.82) is 5.26 Å². The summed E-state index contributed by atoms with van der Waals surface area (Å²) < 4.78 is 1.43. The highest BCUT2D eigenvalue weighted by molar-refractivity contribution is 6.04. The van der Waals surface area contributed by atoms with E-state index in [0.29, 0.717) is 16.9 Å². The first-order valence-electron chi connectivity index (χ1n) is 4.44. The largest absolute Gasteiger partial charge is 0.306 e. The lowest BCUT2D eigenvalue weighted by atomic mass is 10.3. The Balaban J connectivity index is 2.25. The molecule has 7 heteroatoms. The summed E-state index contributed by atoms with van der Waals surface area (Å²) >= 11 is 0. The predicted octanol–water partition coefficient (Wildman–Crippen LogP) is 0.267. The molecule has 2 aromatic rings. The SMILES string of the molecule is Cn1ncc(C#N)c1NC(=O)c1cn[nH]c1. The van der Waals surface area contributed by atoms with Gasteiger partial charge < -0.3 is 5.32 Å². The normalized spacial score (nSPS) is 9.75. The molecule has 2 N–H and O–H groups in total. The third-order valence-corrected chi connectivity index (χ3v) is 2.05. The molecule has 0 radical (unpaired) electrons. The number of H-pyrrole nitrogens is 1. The first kappa shape index (κ1) is 9.92. The Morgan fingerprint density at radius 2 is 2.44 bits per heavy atom. The minimum Gasteiger partial charge on any atom is -0.306 e. The number of anilines is 1. The minimum atomic E-state index is -0.339. The summed E-state index contributed by atoms with van der Waals surface area (Å²) in [7, 11) is 1.64. The van der Waals surface area contributed by atoms with E-state index in [-0.39, 0.29) is 5.91 Å². The number of carbonyl (C=O) groups excluding carboxylic acids is 1. The van der Waals surface area contributed by atoms with Gasteiger partial charge in [0.25, 0.3) is 5.91 Å². The number of carbonyl (C=O) groups is 1. The summed E-state index contributed by atoms with van der Waals surface area (Å²) in [6, 6.07) is 1.95. The molecule has 0 unspecified atom stereocenters. The van der Waals surface area contributed by atoms with Gasteiger partial charge in [-0.05, 0) is 0 Å². The van der Waals surface area contributed by atoms with Crippen LogP contribution in [0.2, 0.25) is 0 Å². The van der Waals surface area contributed by atoms with Crippen LogP contribution in [0.4, 0.5) is 5.82 Å². The molecule has 2 rings (SSSR count). The van der Waals surface area contributed by atoms with E-state index >= 15 is 0 Å². The molecule has 2 aromatic heterocycles. The first-order valence-corrected chi connectivity index (χ1v) is 4.44. The van der Waals surface area contributed by atoms with Gasteiger partial charge >= 0.3 is 0 Å². The Hall–Kier alpha value is -2.62. The van der Waals surface area contributed by atoms with Crippen LogP contribution < -0.4 is 5.32 Å². The van der Waals surface area contributed by atoms with Gasteiger partial charge in [0.15, 0.2) is 0 Å². The van der Waals surface area contributed by atoms with Crippen molar-refractivity contribution in [3.8, 4) is 6.07 Å². The maximum atomic E-state index is 11.7. The second kappa shape index (κ2) is 3.86. The van der Waals surface area contributed by atoms with E-state index in [4.69, 9.17) is 5.26 Å². The molecule has 2 heterocycles. The van der Waals surface area contributed by atoms with Gasteiger partial charge in [-0.15, -0.1) is 0 Å². The van der Waals surface area contributed by atoms with Gasteiger partial charge in [-0.3, -0.25) is 14.6 Å². The molecule has 80 valence electrons. The van der Waals surface area contributed by atoms with Gasteiger partial charge in [0.1, 0.15) is 17.5 Å². The van der Waals surface area contributed by atoms with E-state index in [1.54, 1.807) is 7.05 Å². The van der Waals surface area contributed by atoms with Gasteiger partial charge in [-0.25, -0.2) is 0 Å². The molecule has 0 aliphatic carbocycles. The average Bonchev–Trinajstić information content (AvgIpc) is 2.89. The van der Waals surface area contributed by atoms with E-state index < -0.39 is 0 Å². The van der Waals surface area contributed by atoms with Crippen LogP contribution in [0.5, 0.6) is 0 Å². The highest BCUT2D eigenvalue weighted by Crippen LogP contribution is 2.13. The van der Waals surface area contributed by atoms with Crippen LogP contribution in [-0.4, -0.2) is 25.9 Å². The van der Waals surface area contributed by atoms with E-state index in [9.17, 15) is 4.79 Å². The van der Waals surface area contributed by atoms with Crippen molar-refractivity contribution in [2.45, 2.75) is 0 Å². The number of rotatable bonds is 2. The van der Waals surface area contributed by atoms with Gasteiger partial charge in [-0.1, -0.05) is 0 Å². The molecule has 0 fully saturated rings. The van der Waals surface area contributed by atoms with Crippen LogP contribution in [0.15, 0.2) is 18.6 Å². The molecular formula is C9H8N6O. The van der Waals surface area contributed by atoms with Crippen LogP contribution in [-0.2, 0) is 7.05 Å². The summed E-state index contributed by atoms with van der Waals surface area (Å²) in [6.07, 6.45) is 4.26. The van der Waals surface area contributed by atoms with Gasteiger partial charge in [-0.2, -0.15) is 15.5 Å². The number of hydrogen-bond donors (Lipinski definition) is 2. The van der Waals surface area contributed by atoms with Crippen LogP contribution in [0.25, 0.3) is 0 Å². The standard InChI is InChI=1S/C9H8N6O/c1-15-8(6(2-10)5-13-15)14-9(16)7-3-11-12-4-7/h3-5H,1H3,(H,11,12)(H,14,16). The molecule has 0 aromatic carbocycles. The van der Waals surface area contributed by atoms with Crippen molar-refractivity contribution in [2.75, 3.05) is 5.32 Å². The van der Waals surface area contributed by atoms with Crippen molar-refractivity contribution in [3.63, 3.8) is 0 Å². The lowest BCUT2D eigenvalue weighted by molar-refractivity contribution is 0.102. The fourth-order valence-corrected chi connectivity index (χ4v) is 1.22. The van der Waals surface area contributed by atoms with E-state index in [2.05, 4.69) is 20.6 Å². The quantitative estimate of drug-likeness (QED) is 0.752. The highest BCUT2D eigenvalue weighted by Gasteiger charge is 2.13. The van der Waals surface area contributed by atoms with Crippen molar-refractivity contribution in [3.05, 3.63) is 29.7 Å². The third-order valence-electron chi connectivity index (χ3n) is 2.05. The summed E-state index contributed by atoms with van der Waals surface area (Å²) in [6.45, 7) is 0. The van der Waals surface area contributed by atoms with Crippen LogP contribution in [0.1, 0.15) is 15.9 Å². The Morgan fingerprint density at radius 3 is 3.06 bits per heavy atom. The predicted molar refractivity (Wildman–Crippen MR) is 54.5 cm³/mol. The number of nitrogens with zero attached hydrogens (tertiary/aromatic N) is 4. The molecule has 0 atom stereocenters. The summed E-state index contributed by atoms with van der Waals surface area (Å²) in [5, 5.41) is 21.5. The highest BCUT2D eigenvalue weighted by atomic mass is 16.1. The molecule has 7 nitrogen and oxygen atoms in total. The number of nitriles is 1. The minimum absolute atomic E-state index is 0.319. The fourth-order valence-electron chi connectivity index (χ4n) is 1.22. The Kier molecular flexibility index (Phi) is 2.39.